The normalized spacial score (nSPS) is 13.9. The van der Waals surface area contributed by atoms with Gasteiger partial charge in [-0.3, -0.25) is 5.32 Å². The first-order chi connectivity index (χ1) is 15.0. The van der Waals surface area contributed by atoms with E-state index in [1.165, 1.54) is 23.9 Å². The molecule has 0 saturated carbocycles. The van der Waals surface area contributed by atoms with Crippen LogP contribution in [-0.4, -0.2) is 61.3 Å². The second-order valence-electron chi connectivity index (χ2n) is 7.69. The van der Waals surface area contributed by atoms with Gasteiger partial charge in [-0.15, -0.1) is 0 Å². The number of carbonyl (C=O) groups excluding carboxylic acids is 1. The number of urea groups is 1. The smallest absolute Gasteiger partial charge is 0.323 e. The Kier molecular flexibility index (Phi) is 5.79. The maximum absolute atomic E-state index is 12.9. The van der Waals surface area contributed by atoms with Gasteiger partial charge in [0.25, 0.3) is 5.88 Å². The molecule has 0 bridgehead atoms. The summed E-state index contributed by atoms with van der Waals surface area (Å²) < 4.78 is 10.6. The summed E-state index contributed by atoms with van der Waals surface area (Å²) in [4.78, 5) is 26.0. The van der Waals surface area contributed by atoms with Crippen LogP contribution in [0.1, 0.15) is 11.1 Å². The first-order valence-corrected chi connectivity index (χ1v) is 10.3. The fourth-order valence-electron chi connectivity index (χ4n) is 3.85. The fraction of sp³-hybridized carbons (Fsp3) is 0.348. The van der Waals surface area contributed by atoms with Gasteiger partial charge in [-0.25, -0.2) is 14.8 Å². The molecule has 8 nitrogen and oxygen atoms in total. The molecule has 0 unspecified atom stereocenters. The number of piperazine rings is 1. The Balaban J connectivity index is 1.46. The average Bonchev–Trinajstić information content (AvgIpc) is 2.77. The predicted octanol–water partition coefficient (Wildman–Crippen LogP) is 3.62. The van der Waals surface area contributed by atoms with Gasteiger partial charge in [0, 0.05) is 37.9 Å². The lowest BCUT2D eigenvalue weighted by molar-refractivity contribution is 0.208. The number of methoxy groups -OCH3 is 2. The van der Waals surface area contributed by atoms with Crippen molar-refractivity contribution >= 4 is 28.6 Å². The lowest BCUT2D eigenvalue weighted by atomic mass is 10.1. The number of benzene rings is 2. The second kappa shape index (κ2) is 8.67. The third kappa shape index (κ3) is 4.47. The molecular formula is C23H27N5O3. The number of nitrogens with one attached hydrogen (secondary N) is 1. The second-order valence-corrected chi connectivity index (χ2v) is 7.69. The van der Waals surface area contributed by atoms with Crippen molar-refractivity contribution in [1.29, 1.82) is 0 Å². The van der Waals surface area contributed by atoms with Crippen molar-refractivity contribution in [3.05, 3.63) is 47.5 Å². The van der Waals surface area contributed by atoms with E-state index in [1.54, 1.807) is 18.1 Å². The molecule has 1 fully saturated rings. The monoisotopic (exact) mass is 421 g/mol. The van der Waals surface area contributed by atoms with Crippen molar-refractivity contribution in [2.75, 3.05) is 50.6 Å². The van der Waals surface area contributed by atoms with Gasteiger partial charge in [0.1, 0.15) is 5.75 Å². The number of rotatable bonds is 4. The number of ether oxygens (including phenoxy) is 2. The Morgan fingerprint density at radius 1 is 0.903 bits per heavy atom. The summed E-state index contributed by atoms with van der Waals surface area (Å²) in [5, 5.41) is 2.86. The van der Waals surface area contributed by atoms with Gasteiger partial charge in [-0.05, 0) is 49.2 Å². The molecule has 2 aromatic carbocycles. The molecule has 1 aliphatic rings. The van der Waals surface area contributed by atoms with E-state index < -0.39 is 0 Å². The summed E-state index contributed by atoms with van der Waals surface area (Å²) in [6.45, 7) is 7.00. The topological polar surface area (TPSA) is 79.8 Å². The molecule has 0 spiro atoms. The van der Waals surface area contributed by atoms with Crippen LogP contribution >= 0.6 is 0 Å². The van der Waals surface area contributed by atoms with Gasteiger partial charge in [0.05, 0.1) is 25.3 Å². The number of hydrogen-bond acceptors (Lipinski definition) is 6. The Morgan fingerprint density at radius 2 is 1.61 bits per heavy atom. The van der Waals surface area contributed by atoms with E-state index in [9.17, 15) is 4.79 Å². The van der Waals surface area contributed by atoms with Crippen molar-refractivity contribution in [1.82, 2.24) is 14.9 Å². The Labute approximate surface area is 181 Å². The summed E-state index contributed by atoms with van der Waals surface area (Å²) in [6.07, 6.45) is 0. The molecule has 31 heavy (non-hydrogen) atoms. The van der Waals surface area contributed by atoms with Crippen LogP contribution < -0.4 is 19.7 Å². The standard InChI is InChI=1S/C23H27N5O3/c1-15-11-16(2)13-17(12-15)27-7-9-28(10-8-27)23(29)26-21-22(31-4)25-19-6-5-18(30-3)14-20(19)24-21/h5-6,11-14H,7-10H2,1-4H3,(H,24,26,29). The molecule has 1 aromatic heterocycles. The first kappa shape index (κ1) is 20.7. The van der Waals surface area contributed by atoms with Gasteiger partial charge in [-0.2, -0.15) is 0 Å². The quantitative estimate of drug-likeness (QED) is 0.693. The number of anilines is 2. The minimum absolute atomic E-state index is 0.213. The minimum Gasteiger partial charge on any atom is -0.497 e. The maximum Gasteiger partial charge on any atom is 0.323 e. The van der Waals surface area contributed by atoms with Gasteiger partial charge in [-0.1, -0.05) is 6.07 Å². The third-order valence-corrected chi connectivity index (χ3v) is 5.40. The number of hydrogen-bond donors (Lipinski definition) is 1. The Hall–Kier alpha value is -3.55. The number of aryl methyl sites for hydroxylation is 2. The summed E-state index contributed by atoms with van der Waals surface area (Å²) >= 11 is 0. The van der Waals surface area contributed by atoms with E-state index in [2.05, 4.69) is 52.2 Å². The lowest BCUT2D eigenvalue weighted by Crippen LogP contribution is -2.50. The molecule has 162 valence electrons. The van der Waals surface area contributed by atoms with E-state index in [-0.39, 0.29) is 11.9 Å². The summed E-state index contributed by atoms with van der Waals surface area (Å²) in [7, 11) is 3.11. The Morgan fingerprint density at radius 3 is 2.26 bits per heavy atom. The molecule has 8 heteroatoms. The lowest BCUT2D eigenvalue weighted by Gasteiger charge is -2.36. The third-order valence-electron chi connectivity index (χ3n) is 5.40. The fourth-order valence-corrected chi connectivity index (χ4v) is 3.85. The van der Waals surface area contributed by atoms with Crippen molar-refractivity contribution < 1.29 is 14.3 Å². The van der Waals surface area contributed by atoms with Crippen LogP contribution in [0.15, 0.2) is 36.4 Å². The zero-order valence-electron chi connectivity index (χ0n) is 18.3. The van der Waals surface area contributed by atoms with Gasteiger partial charge in [0.2, 0.25) is 0 Å². The van der Waals surface area contributed by atoms with E-state index in [1.807, 2.05) is 12.1 Å². The highest BCUT2D eigenvalue weighted by Crippen LogP contribution is 2.26. The van der Waals surface area contributed by atoms with Crippen molar-refractivity contribution in [2.24, 2.45) is 0 Å². The molecule has 2 amide bonds. The average molecular weight is 422 g/mol. The molecule has 3 aromatic rings. The SMILES string of the molecule is COc1ccc2nc(OC)c(NC(=O)N3CCN(c4cc(C)cc(C)c4)CC3)nc2c1. The van der Waals surface area contributed by atoms with Crippen molar-refractivity contribution in [3.63, 3.8) is 0 Å². The van der Waals surface area contributed by atoms with Crippen LogP contribution in [0.2, 0.25) is 0 Å². The predicted molar refractivity (Wildman–Crippen MR) is 121 cm³/mol. The van der Waals surface area contributed by atoms with Gasteiger partial charge >= 0.3 is 6.03 Å². The van der Waals surface area contributed by atoms with Crippen LogP contribution in [0.5, 0.6) is 11.6 Å². The molecule has 4 rings (SSSR count). The van der Waals surface area contributed by atoms with Crippen LogP contribution in [-0.2, 0) is 0 Å². The van der Waals surface area contributed by atoms with Crippen LogP contribution in [0, 0.1) is 13.8 Å². The molecule has 1 aliphatic heterocycles. The summed E-state index contributed by atoms with van der Waals surface area (Å²) in [5.41, 5.74) is 4.98. The molecular weight excluding hydrogens is 394 g/mol. The first-order valence-electron chi connectivity index (χ1n) is 10.3. The van der Waals surface area contributed by atoms with E-state index in [4.69, 9.17) is 9.47 Å². The van der Waals surface area contributed by atoms with Crippen LogP contribution in [0.3, 0.4) is 0 Å². The minimum atomic E-state index is -0.213. The maximum atomic E-state index is 12.9. The van der Waals surface area contributed by atoms with Gasteiger partial charge in [0.15, 0.2) is 5.82 Å². The van der Waals surface area contributed by atoms with Crippen molar-refractivity contribution in [2.45, 2.75) is 13.8 Å². The van der Waals surface area contributed by atoms with Crippen molar-refractivity contribution in [3.8, 4) is 11.6 Å². The number of amides is 2. The zero-order valence-corrected chi connectivity index (χ0v) is 18.3. The summed E-state index contributed by atoms with van der Waals surface area (Å²) in [6, 6.07) is 11.7. The highest BCUT2D eigenvalue weighted by molar-refractivity contribution is 5.91. The largest absolute Gasteiger partial charge is 0.497 e. The number of fused-ring (bicyclic) bond motifs is 1. The molecule has 2 heterocycles. The zero-order chi connectivity index (χ0) is 22.0. The molecule has 0 aliphatic carbocycles. The van der Waals surface area contributed by atoms with Gasteiger partial charge < -0.3 is 19.3 Å². The number of nitrogens with zero attached hydrogens (tertiary/aromatic N) is 4. The highest BCUT2D eigenvalue weighted by atomic mass is 16.5. The van der Waals surface area contributed by atoms with Crippen LogP contribution in [0.25, 0.3) is 11.0 Å². The molecule has 1 N–H and O–H groups in total. The number of aromatic nitrogens is 2. The van der Waals surface area contributed by atoms with E-state index in [0.717, 1.165) is 13.1 Å². The number of carbonyl (C=O) groups is 1. The Bertz CT molecular complexity index is 1090. The highest BCUT2D eigenvalue weighted by Gasteiger charge is 2.23. The molecule has 1 saturated heterocycles. The molecule has 0 atom stereocenters. The van der Waals surface area contributed by atoms with E-state index in [0.29, 0.717) is 35.7 Å². The van der Waals surface area contributed by atoms with E-state index >= 15 is 0 Å². The molecule has 0 radical (unpaired) electrons. The van der Waals surface area contributed by atoms with Crippen LogP contribution in [0.4, 0.5) is 16.3 Å². The summed E-state index contributed by atoms with van der Waals surface area (Å²) in [5.74, 6) is 1.25.